The fraction of sp³-hybridized carbons (Fsp3) is 0.806. The minimum atomic E-state index is -1.18. The second-order valence-electron chi connectivity index (χ2n) is 11.9. The summed E-state index contributed by atoms with van der Waals surface area (Å²) >= 11 is 0. The number of unbranched alkanes of at least 4 members (excludes halogenated alkanes) is 11. The predicted molar refractivity (Wildman–Crippen MR) is 148 cm³/mol. The van der Waals surface area contributed by atoms with Gasteiger partial charge in [0, 0.05) is 31.7 Å². The standard InChI is InChI=1S/C31H55NO5/c1-7-20-28-25(2)26(3)29(37-28)21-18-16-14-12-10-8-9-11-13-15-17-19-22-31(35)36-27(23-30(33)34)24-32(4,5)6/h27H,7-24H2,1-6H3. The average molecular weight is 522 g/mol. The zero-order valence-electron chi connectivity index (χ0n) is 24.8. The SMILES string of the molecule is CCCc1oc(CCCCCCCCCCCCCCC(=O)OC(CC(=O)[O-])C[N+](C)(C)C)c(C)c1C. The monoisotopic (exact) mass is 521 g/mol. The summed E-state index contributed by atoms with van der Waals surface area (Å²) in [4.78, 5) is 23.0. The normalized spacial score (nSPS) is 12.6. The lowest BCUT2D eigenvalue weighted by Gasteiger charge is -2.29. The highest BCUT2D eigenvalue weighted by molar-refractivity contribution is 5.70. The molecule has 214 valence electrons. The van der Waals surface area contributed by atoms with Gasteiger partial charge in [0.2, 0.25) is 0 Å². The van der Waals surface area contributed by atoms with Crippen LogP contribution in [0.25, 0.3) is 0 Å². The number of carbonyl (C=O) groups is 2. The van der Waals surface area contributed by atoms with Crippen LogP contribution >= 0.6 is 0 Å². The Labute approximate surface area is 226 Å². The fourth-order valence-electron chi connectivity index (χ4n) is 4.93. The molecule has 1 rings (SSSR count). The number of carbonyl (C=O) groups excluding carboxylic acids is 2. The van der Waals surface area contributed by atoms with E-state index in [0.717, 1.165) is 38.5 Å². The number of aryl methyl sites for hydroxylation is 2. The van der Waals surface area contributed by atoms with E-state index in [1.165, 1.54) is 80.4 Å². The third-order valence-corrected chi connectivity index (χ3v) is 7.10. The number of ether oxygens (including phenoxy) is 1. The van der Waals surface area contributed by atoms with E-state index < -0.39 is 12.1 Å². The van der Waals surface area contributed by atoms with Crippen molar-refractivity contribution in [3.05, 3.63) is 22.6 Å². The summed E-state index contributed by atoms with van der Waals surface area (Å²) in [5, 5.41) is 10.9. The van der Waals surface area contributed by atoms with Crippen LogP contribution in [0.3, 0.4) is 0 Å². The Morgan fingerprint density at radius 2 is 1.24 bits per heavy atom. The van der Waals surface area contributed by atoms with Crippen LogP contribution in [-0.4, -0.2) is 50.2 Å². The Hall–Kier alpha value is -1.82. The molecule has 1 unspecified atom stereocenters. The Morgan fingerprint density at radius 1 is 0.784 bits per heavy atom. The van der Waals surface area contributed by atoms with Gasteiger partial charge in [-0.1, -0.05) is 71.1 Å². The van der Waals surface area contributed by atoms with Crippen molar-refractivity contribution in [3.8, 4) is 0 Å². The van der Waals surface area contributed by atoms with Crippen molar-refractivity contribution in [2.45, 2.75) is 136 Å². The van der Waals surface area contributed by atoms with Gasteiger partial charge in [0.05, 0.1) is 21.1 Å². The second-order valence-corrected chi connectivity index (χ2v) is 11.9. The van der Waals surface area contributed by atoms with Crippen molar-refractivity contribution in [3.63, 3.8) is 0 Å². The van der Waals surface area contributed by atoms with E-state index in [2.05, 4.69) is 20.8 Å². The molecule has 6 nitrogen and oxygen atoms in total. The maximum Gasteiger partial charge on any atom is 0.306 e. The predicted octanol–water partition coefficient (Wildman–Crippen LogP) is 6.22. The number of aliphatic carboxylic acids is 1. The molecule has 0 N–H and O–H groups in total. The zero-order chi connectivity index (χ0) is 27.7. The average Bonchev–Trinajstić information content (AvgIpc) is 3.05. The van der Waals surface area contributed by atoms with E-state index in [4.69, 9.17) is 9.15 Å². The number of esters is 1. The van der Waals surface area contributed by atoms with E-state index in [-0.39, 0.29) is 12.4 Å². The smallest absolute Gasteiger partial charge is 0.306 e. The maximum absolute atomic E-state index is 12.1. The molecule has 0 aliphatic heterocycles. The van der Waals surface area contributed by atoms with Gasteiger partial charge < -0.3 is 23.5 Å². The van der Waals surface area contributed by atoms with Crippen LogP contribution in [0.5, 0.6) is 0 Å². The maximum atomic E-state index is 12.1. The van der Waals surface area contributed by atoms with Gasteiger partial charge in [0.1, 0.15) is 18.1 Å². The Morgan fingerprint density at radius 3 is 1.70 bits per heavy atom. The molecule has 0 bridgehead atoms. The lowest BCUT2D eigenvalue weighted by atomic mass is 10.0. The summed E-state index contributed by atoms with van der Waals surface area (Å²) in [7, 11) is 5.84. The Balaban J connectivity index is 1.98. The first-order chi connectivity index (χ1) is 17.5. The molecule has 0 aliphatic carbocycles. The van der Waals surface area contributed by atoms with Crippen molar-refractivity contribution < 1.29 is 28.3 Å². The minimum absolute atomic E-state index is 0.245. The molecule has 6 heteroatoms. The van der Waals surface area contributed by atoms with Gasteiger partial charge in [-0.25, -0.2) is 0 Å². The quantitative estimate of drug-likeness (QED) is 0.103. The highest BCUT2D eigenvalue weighted by Gasteiger charge is 2.22. The van der Waals surface area contributed by atoms with Crippen LogP contribution < -0.4 is 5.11 Å². The molecule has 1 aromatic rings. The Kier molecular flexibility index (Phi) is 16.5. The van der Waals surface area contributed by atoms with Gasteiger partial charge in [-0.3, -0.25) is 4.79 Å². The molecule has 1 aromatic heterocycles. The van der Waals surface area contributed by atoms with Crippen LogP contribution in [0.15, 0.2) is 4.42 Å². The number of rotatable bonds is 22. The van der Waals surface area contributed by atoms with Gasteiger partial charge in [0.25, 0.3) is 0 Å². The van der Waals surface area contributed by atoms with Gasteiger partial charge in [-0.05, 0) is 44.2 Å². The van der Waals surface area contributed by atoms with E-state index in [9.17, 15) is 14.7 Å². The van der Waals surface area contributed by atoms with Gasteiger partial charge in [0.15, 0.2) is 6.10 Å². The van der Waals surface area contributed by atoms with E-state index in [0.29, 0.717) is 17.4 Å². The first-order valence-electron chi connectivity index (χ1n) is 14.8. The summed E-state index contributed by atoms with van der Waals surface area (Å²) < 4.78 is 12.0. The van der Waals surface area contributed by atoms with Crippen LogP contribution in [0.4, 0.5) is 0 Å². The molecule has 0 aliphatic rings. The van der Waals surface area contributed by atoms with Gasteiger partial charge >= 0.3 is 5.97 Å². The molecule has 0 fully saturated rings. The largest absolute Gasteiger partial charge is 0.550 e. The summed E-state index contributed by atoms with van der Waals surface area (Å²) in [5.74, 6) is 0.919. The molecular weight excluding hydrogens is 466 g/mol. The molecule has 0 spiro atoms. The van der Waals surface area contributed by atoms with Crippen LogP contribution in [0.1, 0.15) is 126 Å². The van der Waals surface area contributed by atoms with E-state index in [1.54, 1.807) is 0 Å². The second kappa shape index (κ2) is 18.4. The summed E-state index contributed by atoms with van der Waals surface area (Å²) in [5.41, 5.74) is 2.72. The van der Waals surface area contributed by atoms with Crippen molar-refractivity contribution in [1.29, 1.82) is 0 Å². The molecule has 0 radical (unpaired) electrons. The molecule has 0 amide bonds. The minimum Gasteiger partial charge on any atom is -0.550 e. The van der Waals surface area contributed by atoms with Gasteiger partial charge in [-0.15, -0.1) is 0 Å². The number of furan rings is 1. The topological polar surface area (TPSA) is 79.6 Å². The molecular formula is C31H55NO5. The summed E-state index contributed by atoms with van der Waals surface area (Å²) in [6.45, 7) is 7.06. The third-order valence-electron chi connectivity index (χ3n) is 7.10. The molecule has 1 atom stereocenters. The van der Waals surface area contributed by atoms with E-state index in [1.807, 2.05) is 21.1 Å². The number of likely N-dealkylation sites (N-methyl/N-ethyl adjacent to an activating group) is 1. The van der Waals surface area contributed by atoms with Crippen molar-refractivity contribution in [1.82, 2.24) is 0 Å². The molecule has 0 aromatic carbocycles. The van der Waals surface area contributed by atoms with Crippen LogP contribution in [0.2, 0.25) is 0 Å². The van der Waals surface area contributed by atoms with Gasteiger partial charge in [-0.2, -0.15) is 0 Å². The molecule has 0 saturated carbocycles. The lowest BCUT2D eigenvalue weighted by molar-refractivity contribution is -0.873. The number of hydrogen-bond donors (Lipinski definition) is 0. The molecule has 1 heterocycles. The Bertz CT molecular complexity index is 777. The van der Waals surface area contributed by atoms with Crippen LogP contribution in [-0.2, 0) is 27.2 Å². The molecule has 0 saturated heterocycles. The van der Waals surface area contributed by atoms with Crippen molar-refractivity contribution in [2.24, 2.45) is 0 Å². The van der Waals surface area contributed by atoms with Crippen molar-refractivity contribution >= 4 is 11.9 Å². The third kappa shape index (κ3) is 15.9. The lowest BCUT2D eigenvalue weighted by Crippen LogP contribution is -2.45. The number of hydrogen-bond acceptors (Lipinski definition) is 5. The number of carboxylic acids is 1. The zero-order valence-corrected chi connectivity index (χ0v) is 24.8. The number of nitrogens with zero attached hydrogens (tertiary/aromatic N) is 1. The van der Waals surface area contributed by atoms with Crippen molar-refractivity contribution in [2.75, 3.05) is 27.7 Å². The number of quaternary nitrogens is 1. The first-order valence-corrected chi connectivity index (χ1v) is 14.8. The molecule has 37 heavy (non-hydrogen) atoms. The summed E-state index contributed by atoms with van der Waals surface area (Å²) in [6, 6.07) is 0. The number of carboxylic acid groups (broad SMARTS) is 1. The fourth-order valence-corrected chi connectivity index (χ4v) is 4.93. The summed E-state index contributed by atoms with van der Waals surface area (Å²) in [6.07, 6.45) is 17.3. The van der Waals surface area contributed by atoms with E-state index >= 15 is 0 Å². The first kappa shape index (κ1) is 33.2. The highest BCUT2D eigenvalue weighted by Crippen LogP contribution is 2.24. The highest BCUT2D eigenvalue weighted by atomic mass is 16.5. The van der Waals surface area contributed by atoms with Crippen LogP contribution in [0, 0.1) is 13.8 Å².